The molecular formula is C15H16N4O2S. The molecule has 3 aromatic rings. The van der Waals surface area contributed by atoms with E-state index in [-0.39, 0.29) is 10.1 Å². The highest BCUT2D eigenvalue weighted by Gasteiger charge is 2.25. The molecule has 0 unspecified atom stereocenters. The first-order valence-electron chi connectivity index (χ1n) is 6.82. The van der Waals surface area contributed by atoms with Crippen LogP contribution in [0.2, 0.25) is 0 Å². The zero-order valence-corrected chi connectivity index (χ0v) is 13.6. The van der Waals surface area contributed by atoms with E-state index in [4.69, 9.17) is 0 Å². The maximum atomic E-state index is 12.8. The number of rotatable bonds is 2. The molecule has 0 bridgehead atoms. The van der Waals surface area contributed by atoms with Gasteiger partial charge < -0.3 is 0 Å². The first kappa shape index (κ1) is 14.6. The second-order valence-corrected chi connectivity index (χ2v) is 7.23. The van der Waals surface area contributed by atoms with Gasteiger partial charge in [-0.1, -0.05) is 17.7 Å². The summed E-state index contributed by atoms with van der Waals surface area (Å²) in [6.45, 7) is 7.36. The number of aromatic nitrogens is 4. The fraction of sp³-hybridized carbons (Fsp3) is 0.267. The lowest BCUT2D eigenvalue weighted by molar-refractivity contribution is 0.586. The van der Waals surface area contributed by atoms with Crippen LogP contribution in [0.5, 0.6) is 0 Å². The van der Waals surface area contributed by atoms with Crippen molar-refractivity contribution in [1.82, 2.24) is 19.6 Å². The van der Waals surface area contributed by atoms with Crippen LogP contribution >= 0.6 is 0 Å². The second-order valence-electron chi connectivity index (χ2n) is 5.42. The molecule has 3 rings (SSSR count). The zero-order chi connectivity index (χ0) is 16.1. The predicted octanol–water partition coefficient (Wildman–Crippen LogP) is 2.19. The molecule has 0 spiro atoms. The molecule has 114 valence electrons. The highest BCUT2D eigenvalue weighted by Crippen LogP contribution is 2.23. The van der Waals surface area contributed by atoms with Gasteiger partial charge in [0.05, 0.1) is 4.90 Å². The molecule has 22 heavy (non-hydrogen) atoms. The molecule has 0 aliphatic rings. The maximum Gasteiger partial charge on any atom is 0.274 e. The van der Waals surface area contributed by atoms with E-state index in [0.717, 1.165) is 17.0 Å². The van der Waals surface area contributed by atoms with Gasteiger partial charge in [0.1, 0.15) is 0 Å². The average Bonchev–Trinajstić information content (AvgIpc) is 2.83. The van der Waals surface area contributed by atoms with Gasteiger partial charge in [0, 0.05) is 11.4 Å². The van der Waals surface area contributed by atoms with Crippen molar-refractivity contribution in [3.8, 4) is 0 Å². The quantitative estimate of drug-likeness (QED) is 0.724. The number of aryl methyl sites for hydroxylation is 4. The average molecular weight is 316 g/mol. The summed E-state index contributed by atoms with van der Waals surface area (Å²) in [5.41, 5.74) is 3.25. The lowest BCUT2D eigenvalue weighted by Crippen LogP contribution is -2.07. The summed E-state index contributed by atoms with van der Waals surface area (Å²) in [6, 6.07) is 7.02. The predicted molar refractivity (Wildman–Crippen MR) is 81.6 cm³/mol. The normalized spacial score (nSPS) is 12.0. The minimum atomic E-state index is -3.76. The summed E-state index contributed by atoms with van der Waals surface area (Å²) in [6.07, 6.45) is 0. The summed E-state index contributed by atoms with van der Waals surface area (Å²) in [7, 11) is -3.76. The van der Waals surface area contributed by atoms with E-state index >= 15 is 0 Å². The summed E-state index contributed by atoms with van der Waals surface area (Å²) in [5, 5.41) is 3.90. The van der Waals surface area contributed by atoms with Crippen molar-refractivity contribution >= 4 is 15.6 Å². The highest BCUT2D eigenvalue weighted by molar-refractivity contribution is 7.91. The number of benzene rings is 1. The van der Waals surface area contributed by atoms with E-state index in [1.807, 2.05) is 32.9 Å². The fourth-order valence-electron chi connectivity index (χ4n) is 2.46. The zero-order valence-electron chi connectivity index (χ0n) is 12.8. The Balaban J connectivity index is 2.23. The molecule has 0 aliphatic carbocycles. The van der Waals surface area contributed by atoms with Gasteiger partial charge >= 0.3 is 0 Å². The molecule has 0 atom stereocenters. The van der Waals surface area contributed by atoms with Crippen molar-refractivity contribution in [2.45, 2.75) is 37.7 Å². The van der Waals surface area contributed by atoms with Crippen LogP contribution in [-0.2, 0) is 9.84 Å². The van der Waals surface area contributed by atoms with Crippen LogP contribution in [-0.4, -0.2) is 28.0 Å². The summed E-state index contributed by atoms with van der Waals surface area (Å²) in [4.78, 5) is 8.55. The van der Waals surface area contributed by atoms with Crippen molar-refractivity contribution in [2.24, 2.45) is 0 Å². The van der Waals surface area contributed by atoms with E-state index < -0.39 is 9.84 Å². The van der Waals surface area contributed by atoms with E-state index in [0.29, 0.717) is 11.3 Å². The molecule has 2 heterocycles. The third-order valence-corrected chi connectivity index (χ3v) is 5.15. The van der Waals surface area contributed by atoms with Gasteiger partial charge in [-0.05, 0) is 45.4 Å². The van der Waals surface area contributed by atoms with Gasteiger partial charge in [0.25, 0.3) is 10.9 Å². The second kappa shape index (κ2) is 4.88. The van der Waals surface area contributed by atoms with E-state index in [1.54, 1.807) is 19.1 Å². The Morgan fingerprint density at radius 1 is 1.00 bits per heavy atom. The van der Waals surface area contributed by atoms with Crippen molar-refractivity contribution in [3.63, 3.8) is 0 Å². The molecule has 0 amide bonds. The molecule has 7 heteroatoms. The standard InChI is InChI=1S/C15H16N4O2S/c1-9-5-6-13(10(2)7-9)22(20,21)15-17-14-16-11(3)8-12(4)19(14)18-15/h5-8H,1-4H3. The summed E-state index contributed by atoms with van der Waals surface area (Å²) in [5.74, 6) is 0.292. The van der Waals surface area contributed by atoms with Gasteiger partial charge in [0.2, 0.25) is 9.84 Å². The van der Waals surface area contributed by atoms with Crippen LogP contribution in [0.25, 0.3) is 5.78 Å². The van der Waals surface area contributed by atoms with Crippen LogP contribution in [0.4, 0.5) is 0 Å². The highest BCUT2D eigenvalue weighted by atomic mass is 32.2. The van der Waals surface area contributed by atoms with Crippen molar-refractivity contribution in [3.05, 3.63) is 46.8 Å². The molecule has 0 saturated heterocycles. The first-order valence-corrected chi connectivity index (χ1v) is 8.31. The third kappa shape index (κ3) is 2.27. The van der Waals surface area contributed by atoms with Crippen LogP contribution in [0.3, 0.4) is 0 Å². The number of fused-ring (bicyclic) bond motifs is 1. The Kier molecular flexibility index (Phi) is 3.25. The molecule has 1 aromatic carbocycles. The monoisotopic (exact) mass is 316 g/mol. The molecule has 0 aliphatic heterocycles. The molecule has 0 N–H and O–H groups in total. The fourth-order valence-corrected chi connectivity index (χ4v) is 3.78. The lowest BCUT2D eigenvalue weighted by Gasteiger charge is -2.05. The van der Waals surface area contributed by atoms with Crippen LogP contribution in [0.1, 0.15) is 22.5 Å². The van der Waals surface area contributed by atoms with Crippen LogP contribution in [0, 0.1) is 27.7 Å². The van der Waals surface area contributed by atoms with Gasteiger partial charge in [0.15, 0.2) is 0 Å². The topological polar surface area (TPSA) is 77.2 Å². The Morgan fingerprint density at radius 2 is 1.73 bits per heavy atom. The molecular weight excluding hydrogens is 300 g/mol. The SMILES string of the molecule is Cc1ccc(S(=O)(=O)c2nc3nc(C)cc(C)n3n2)c(C)c1. The minimum absolute atomic E-state index is 0.222. The van der Waals surface area contributed by atoms with Crippen molar-refractivity contribution in [1.29, 1.82) is 0 Å². The summed E-state index contributed by atoms with van der Waals surface area (Å²) >= 11 is 0. The van der Waals surface area contributed by atoms with E-state index in [9.17, 15) is 8.42 Å². The van der Waals surface area contributed by atoms with Gasteiger partial charge in [-0.25, -0.2) is 17.9 Å². The maximum absolute atomic E-state index is 12.8. The summed E-state index contributed by atoms with van der Waals surface area (Å²) < 4.78 is 27.0. The molecule has 0 radical (unpaired) electrons. The Hall–Kier alpha value is -2.28. The third-order valence-electron chi connectivity index (χ3n) is 3.46. The first-order chi connectivity index (χ1) is 10.3. The molecule has 2 aromatic heterocycles. The van der Waals surface area contributed by atoms with Crippen molar-refractivity contribution < 1.29 is 8.42 Å². The minimum Gasteiger partial charge on any atom is -0.216 e. The number of hydrogen-bond acceptors (Lipinski definition) is 5. The largest absolute Gasteiger partial charge is 0.274 e. The number of hydrogen-bond donors (Lipinski definition) is 0. The lowest BCUT2D eigenvalue weighted by atomic mass is 10.2. The van der Waals surface area contributed by atoms with Gasteiger partial charge in [-0.2, -0.15) is 4.98 Å². The van der Waals surface area contributed by atoms with Gasteiger partial charge in [-0.15, -0.1) is 5.10 Å². The molecule has 0 fully saturated rings. The molecule has 0 saturated carbocycles. The number of sulfone groups is 1. The molecule has 6 nitrogen and oxygen atoms in total. The van der Waals surface area contributed by atoms with Crippen LogP contribution in [0.15, 0.2) is 34.3 Å². The Bertz CT molecular complexity index is 990. The van der Waals surface area contributed by atoms with Gasteiger partial charge in [-0.3, -0.25) is 0 Å². The van der Waals surface area contributed by atoms with Crippen LogP contribution < -0.4 is 0 Å². The Labute approximate surface area is 128 Å². The van der Waals surface area contributed by atoms with Crippen molar-refractivity contribution in [2.75, 3.05) is 0 Å². The Morgan fingerprint density at radius 3 is 2.41 bits per heavy atom. The number of nitrogens with zero attached hydrogens (tertiary/aromatic N) is 4. The van der Waals surface area contributed by atoms with E-state index in [2.05, 4.69) is 15.1 Å². The smallest absolute Gasteiger partial charge is 0.216 e. The van der Waals surface area contributed by atoms with E-state index in [1.165, 1.54) is 4.52 Å².